The summed E-state index contributed by atoms with van der Waals surface area (Å²) in [4.78, 5) is 10.5. The van der Waals surface area contributed by atoms with Crippen molar-refractivity contribution in [1.82, 2.24) is 0 Å². The Labute approximate surface area is 377 Å². The van der Waals surface area contributed by atoms with E-state index in [0.717, 1.165) is 11.5 Å². The first-order valence-electron chi connectivity index (χ1n) is 17.3. The van der Waals surface area contributed by atoms with Crippen LogP contribution in [0.2, 0.25) is 0 Å². The van der Waals surface area contributed by atoms with Crippen molar-refractivity contribution < 1.29 is 0 Å². The van der Waals surface area contributed by atoms with Crippen LogP contribution < -0.4 is 0 Å². The van der Waals surface area contributed by atoms with Gasteiger partial charge >= 0.3 is 0 Å². The van der Waals surface area contributed by atoms with Crippen LogP contribution in [0.25, 0.3) is 0 Å². The molecule has 4 aromatic rings. The van der Waals surface area contributed by atoms with Gasteiger partial charge in [0.25, 0.3) is 0 Å². The Kier molecular flexibility index (Phi) is 11.9. The van der Waals surface area contributed by atoms with Crippen LogP contribution in [-0.2, 0) is 0 Å². The van der Waals surface area contributed by atoms with Crippen LogP contribution in [0.4, 0.5) is 0 Å². The van der Waals surface area contributed by atoms with Crippen molar-refractivity contribution in [3.8, 4) is 12.1 Å². The summed E-state index contributed by atoms with van der Waals surface area (Å²) >= 11 is 22.6. The maximum Gasteiger partial charge on any atom is 0.0660 e. The van der Waals surface area contributed by atoms with Gasteiger partial charge in [-0.15, -0.1) is 23.5 Å². The van der Waals surface area contributed by atoms with Gasteiger partial charge in [-0.25, -0.2) is 0 Å². The number of hydrogen-bond donors (Lipinski definition) is 0. The van der Waals surface area contributed by atoms with Gasteiger partial charge in [0.05, 0.1) is 41.8 Å². The molecule has 1 fully saturated rings. The number of rotatable bonds is 6. The summed E-state index contributed by atoms with van der Waals surface area (Å²) in [7, 11) is 0. The summed E-state index contributed by atoms with van der Waals surface area (Å²) in [5.74, 6) is 1.49. The van der Waals surface area contributed by atoms with Crippen LogP contribution in [-0.4, -0.2) is 11.5 Å². The van der Waals surface area contributed by atoms with E-state index < -0.39 is 0 Å². The van der Waals surface area contributed by atoms with Gasteiger partial charge in [0.2, 0.25) is 0 Å². The van der Waals surface area contributed by atoms with Gasteiger partial charge in [0.1, 0.15) is 0 Å². The highest BCUT2D eigenvalue weighted by atomic mass is 32.3. The first-order valence-corrected chi connectivity index (χ1v) is 27.4. The van der Waals surface area contributed by atoms with E-state index in [1.54, 1.807) is 23.5 Å². The molecule has 0 bridgehead atoms. The molecule has 0 radical (unpaired) electrons. The van der Waals surface area contributed by atoms with Crippen molar-refractivity contribution in [1.29, 1.82) is 10.5 Å². The highest BCUT2D eigenvalue weighted by molar-refractivity contribution is 8.40. The zero-order valence-corrected chi connectivity index (χ0v) is 38.7. The Bertz CT molecular complexity index is 2350. The maximum absolute atomic E-state index is 9.48. The lowest BCUT2D eigenvalue weighted by molar-refractivity contribution is 1.24. The van der Waals surface area contributed by atoms with Crippen LogP contribution in [0.15, 0.2) is 194 Å². The molecule has 56 heavy (non-hydrogen) atoms. The number of thioether (sulfide) groups is 12. The van der Waals surface area contributed by atoms with Gasteiger partial charge in [-0.1, -0.05) is 166 Å². The molecule has 0 N–H and O–H groups in total. The van der Waals surface area contributed by atoms with Gasteiger partial charge in [-0.2, -0.15) is 10.5 Å². The Morgan fingerprint density at radius 2 is 0.554 bits per heavy atom. The van der Waals surface area contributed by atoms with Gasteiger partial charge in [0, 0.05) is 91.4 Å². The monoisotopic (exact) mass is 940 g/mol. The summed E-state index contributed by atoms with van der Waals surface area (Å²) in [5, 5.41) is 19.0. The van der Waals surface area contributed by atoms with Crippen LogP contribution in [0, 0.1) is 22.7 Å². The minimum atomic E-state index is 0.500. The third-order valence-corrected chi connectivity index (χ3v) is 24.5. The first-order chi connectivity index (χ1) is 27.7. The number of nitrogens with zero attached hydrogens (tertiary/aromatic N) is 2. The summed E-state index contributed by atoms with van der Waals surface area (Å²) in [6.45, 7) is 0. The van der Waals surface area contributed by atoms with E-state index in [9.17, 15) is 10.5 Å². The molecule has 6 aliphatic rings. The van der Waals surface area contributed by atoms with Crippen LogP contribution >= 0.6 is 141 Å². The smallest absolute Gasteiger partial charge is 0.0660 e. The fourth-order valence-electron chi connectivity index (χ4n) is 6.34. The van der Waals surface area contributed by atoms with E-state index in [1.807, 2.05) is 118 Å². The minimum absolute atomic E-state index is 0.500. The third kappa shape index (κ3) is 7.47. The largest absolute Gasteiger partial charge is 0.198 e. The predicted octanol–water partition coefficient (Wildman–Crippen LogP) is 16.6. The Balaban J connectivity index is 1.26. The van der Waals surface area contributed by atoms with Gasteiger partial charge < -0.3 is 0 Å². The summed E-state index contributed by atoms with van der Waals surface area (Å²) in [6, 6.07) is 40.0. The fourth-order valence-corrected chi connectivity index (χ4v) is 22.5. The third-order valence-electron chi connectivity index (χ3n) is 8.72. The van der Waals surface area contributed by atoms with Crippen LogP contribution in [0.1, 0.15) is 12.8 Å². The van der Waals surface area contributed by atoms with Crippen molar-refractivity contribution in [3.63, 3.8) is 0 Å². The highest BCUT2D eigenvalue weighted by Gasteiger charge is 2.46. The molecule has 5 aliphatic heterocycles. The van der Waals surface area contributed by atoms with Crippen molar-refractivity contribution in [2.75, 3.05) is 11.5 Å². The Hall–Kier alpha value is -1.50. The van der Waals surface area contributed by atoms with E-state index in [4.69, 9.17) is 0 Å². The van der Waals surface area contributed by atoms with Crippen molar-refractivity contribution >= 4 is 141 Å². The molecule has 0 amide bonds. The predicted molar refractivity (Wildman–Crippen MR) is 255 cm³/mol. The SMILES string of the molecule is N#CCCSC1=C(SCCC#N)SC(=C2C(=C3Sc4ccccc4S3)C(=C3Sc4ccccc4S3)C(=C3Sc4ccccc4S3)C2=C2Sc3ccccc3S2)S1. The Morgan fingerprint density at radius 1 is 0.339 bits per heavy atom. The summed E-state index contributed by atoms with van der Waals surface area (Å²) < 4.78 is 9.09. The average Bonchev–Trinajstić information content (AvgIpc) is 4.07. The zero-order chi connectivity index (χ0) is 37.6. The molecule has 0 atom stereocenters. The molecule has 14 heteroatoms. The maximum atomic E-state index is 9.48. The molecule has 0 spiro atoms. The number of hydrogen-bond acceptors (Lipinski definition) is 14. The number of allylic oxidation sites excluding steroid dienone is 5. The van der Waals surface area contributed by atoms with E-state index in [0.29, 0.717) is 12.8 Å². The molecule has 1 aliphatic carbocycles. The van der Waals surface area contributed by atoms with E-state index in [2.05, 4.69) is 109 Å². The lowest BCUT2D eigenvalue weighted by Gasteiger charge is -2.12. The summed E-state index contributed by atoms with van der Waals surface area (Å²) in [6.07, 6.45) is 0.999. The lowest BCUT2D eigenvalue weighted by atomic mass is 10.1. The number of fused-ring (bicyclic) bond motifs is 4. The van der Waals surface area contributed by atoms with Gasteiger partial charge in [-0.05, 0) is 48.5 Å². The van der Waals surface area contributed by atoms with Crippen LogP contribution in [0.5, 0.6) is 0 Å². The fraction of sp³-hybridized carbons (Fsp3) is 0.0952. The quantitative estimate of drug-likeness (QED) is 0.172. The second kappa shape index (κ2) is 17.2. The van der Waals surface area contributed by atoms with Crippen LogP contribution in [0.3, 0.4) is 0 Å². The topological polar surface area (TPSA) is 47.6 Å². The molecule has 4 aromatic carbocycles. The van der Waals surface area contributed by atoms with Crippen molar-refractivity contribution in [3.05, 3.63) is 155 Å². The molecule has 2 nitrogen and oxygen atoms in total. The molecular weight excluding hydrogens is 917 g/mol. The molecular formula is C42H24N2S12. The molecule has 0 saturated heterocycles. The second-order valence-corrected chi connectivity index (χ2v) is 26.7. The molecule has 10 rings (SSSR count). The molecule has 274 valence electrons. The number of benzene rings is 4. The Morgan fingerprint density at radius 3 is 0.768 bits per heavy atom. The summed E-state index contributed by atoms with van der Waals surface area (Å²) in [5.41, 5.74) is 6.67. The second-order valence-electron chi connectivity index (χ2n) is 12.2. The van der Waals surface area contributed by atoms with Gasteiger partial charge in [-0.3, -0.25) is 0 Å². The normalized spacial score (nSPS) is 18.3. The van der Waals surface area contributed by atoms with E-state index in [1.165, 1.54) is 96.7 Å². The van der Waals surface area contributed by atoms with Gasteiger partial charge in [0.15, 0.2) is 0 Å². The highest BCUT2D eigenvalue weighted by Crippen LogP contribution is 2.71. The molecule has 0 unspecified atom stereocenters. The molecule has 0 aromatic heterocycles. The van der Waals surface area contributed by atoms with Crippen molar-refractivity contribution in [2.24, 2.45) is 0 Å². The first kappa shape index (κ1) is 38.7. The van der Waals surface area contributed by atoms with E-state index in [-0.39, 0.29) is 0 Å². The average molecular weight is 941 g/mol. The van der Waals surface area contributed by atoms with E-state index >= 15 is 0 Å². The standard InChI is InChI=1S/C42H24N2S12/c43-19-9-21-45-41-42(46-22-10-20-44)56-40(55-41)35-33(38-51-27-15-5-6-16-28(27)52-38)31(36-47-23-11-1-2-12-24(23)48-36)32(37-49-25-13-3-4-14-26(25)50-37)34(35)39-53-29-17-7-8-18-30(29)54-39/h1-8,11-18H,9-10,21-22H2. The lowest BCUT2D eigenvalue weighted by Crippen LogP contribution is -1.91. The minimum Gasteiger partial charge on any atom is -0.198 e. The van der Waals surface area contributed by atoms with Crippen molar-refractivity contribution in [2.45, 2.75) is 52.0 Å². The molecule has 1 saturated carbocycles. The molecule has 5 heterocycles. The number of nitriles is 2. The zero-order valence-electron chi connectivity index (χ0n) is 28.9.